The van der Waals surface area contributed by atoms with E-state index in [1.54, 1.807) is 0 Å². The minimum Gasteiger partial charge on any atom is -0.454 e. The maximum absolute atomic E-state index is 6.02. The summed E-state index contributed by atoms with van der Waals surface area (Å²) in [6.45, 7) is 4.33. The fraction of sp³-hybridized carbons (Fsp3) is 0.571. The molecule has 0 aliphatic carbocycles. The Balaban J connectivity index is 1.85. The molecule has 4 nitrogen and oxygen atoms in total. The molecule has 0 bridgehead atoms. The summed E-state index contributed by atoms with van der Waals surface area (Å²) in [5.74, 6) is 4.05. The molecule has 0 spiro atoms. The lowest BCUT2D eigenvalue weighted by Gasteiger charge is -2.39. The van der Waals surface area contributed by atoms with Gasteiger partial charge in [-0.05, 0) is 24.6 Å². The fourth-order valence-corrected chi connectivity index (χ4v) is 3.83. The van der Waals surface area contributed by atoms with E-state index in [0.29, 0.717) is 19.4 Å². The highest BCUT2D eigenvalue weighted by atomic mass is 32.2. The van der Waals surface area contributed by atoms with Crippen LogP contribution in [0.25, 0.3) is 0 Å². The second kappa shape index (κ2) is 5.61. The molecule has 104 valence electrons. The standard InChI is InChI=1S/C14H20N2O2S/c1-10-8-19-5-4-16(10)12(7-15)11-2-3-13-14(6-11)18-9-17-13/h2-3,6,10,12H,4-5,7-9,15H2,1H3. The smallest absolute Gasteiger partial charge is 0.231 e. The number of rotatable bonds is 3. The van der Waals surface area contributed by atoms with Gasteiger partial charge in [-0.1, -0.05) is 6.07 Å². The van der Waals surface area contributed by atoms with Gasteiger partial charge in [-0.25, -0.2) is 0 Å². The third-order valence-electron chi connectivity index (χ3n) is 3.82. The molecule has 0 saturated carbocycles. The molecule has 2 aliphatic rings. The molecule has 1 saturated heterocycles. The number of ether oxygens (including phenoxy) is 2. The summed E-state index contributed by atoms with van der Waals surface area (Å²) in [5, 5.41) is 0. The van der Waals surface area contributed by atoms with Crippen molar-refractivity contribution >= 4 is 11.8 Å². The lowest BCUT2D eigenvalue weighted by Crippen LogP contribution is -2.45. The second-order valence-electron chi connectivity index (χ2n) is 5.03. The summed E-state index contributed by atoms with van der Waals surface area (Å²) in [4.78, 5) is 2.51. The van der Waals surface area contributed by atoms with E-state index in [1.165, 1.54) is 17.1 Å². The third kappa shape index (κ3) is 2.55. The third-order valence-corrected chi connectivity index (χ3v) is 5.01. The highest BCUT2D eigenvalue weighted by Gasteiger charge is 2.27. The molecule has 2 N–H and O–H groups in total. The molecule has 2 aliphatic heterocycles. The van der Waals surface area contributed by atoms with Crippen LogP contribution in [-0.4, -0.2) is 42.3 Å². The largest absolute Gasteiger partial charge is 0.454 e. The molecule has 5 heteroatoms. The second-order valence-corrected chi connectivity index (χ2v) is 6.18. The molecule has 2 atom stereocenters. The average Bonchev–Trinajstić information content (AvgIpc) is 2.89. The minimum atomic E-state index is 0.269. The normalized spacial score (nSPS) is 24.4. The quantitative estimate of drug-likeness (QED) is 0.915. The lowest BCUT2D eigenvalue weighted by atomic mass is 10.0. The summed E-state index contributed by atoms with van der Waals surface area (Å²) in [6, 6.07) is 7.01. The van der Waals surface area contributed by atoms with E-state index in [4.69, 9.17) is 15.2 Å². The number of hydrogen-bond donors (Lipinski definition) is 1. The molecule has 1 aromatic rings. The number of fused-ring (bicyclic) bond motifs is 1. The Morgan fingerprint density at radius 1 is 1.42 bits per heavy atom. The van der Waals surface area contributed by atoms with Crippen molar-refractivity contribution in [3.05, 3.63) is 23.8 Å². The predicted octanol–water partition coefficient (Wildman–Crippen LogP) is 1.85. The first kappa shape index (κ1) is 13.1. The molecule has 3 rings (SSSR count). The van der Waals surface area contributed by atoms with E-state index >= 15 is 0 Å². The topological polar surface area (TPSA) is 47.7 Å². The Hall–Kier alpha value is -0.910. The van der Waals surface area contributed by atoms with Crippen LogP contribution in [0.2, 0.25) is 0 Å². The average molecular weight is 280 g/mol. The van der Waals surface area contributed by atoms with Gasteiger partial charge in [0.05, 0.1) is 0 Å². The van der Waals surface area contributed by atoms with Gasteiger partial charge in [-0.3, -0.25) is 4.90 Å². The molecule has 1 aromatic carbocycles. The van der Waals surface area contributed by atoms with Crippen molar-refractivity contribution in [3.8, 4) is 11.5 Å². The van der Waals surface area contributed by atoms with Crippen LogP contribution in [-0.2, 0) is 0 Å². The molecule has 1 fully saturated rings. The molecular weight excluding hydrogens is 260 g/mol. The first-order chi connectivity index (χ1) is 9.29. The van der Waals surface area contributed by atoms with E-state index in [1.807, 2.05) is 17.8 Å². The number of benzene rings is 1. The Bertz CT molecular complexity index is 455. The van der Waals surface area contributed by atoms with Crippen molar-refractivity contribution in [2.75, 3.05) is 31.4 Å². The zero-order valence-corrected chi connectivity index (χ0v) is 12.0. The number of hydrogen-bond acceptors (Lipinski definition) is 5. The van der Waals surface area contributed by atoms with Crippen LogP contribution in [0.5, 0.6) is 11.5 Å². The van der Waals surface area contributed by atoms with Crippen molar-refractivity contribution < 1.29 is 9.47 Å². The van der Waals surface area contributed by atoms with Crippen LogP contribution < -0.4 is 15.2 Å². The zero-order valence-electron chi connectivity index (χ0n) is 11.2. The van der Waals surface area contributed by atoms with Gasteiger partial charge in [0.25, 0.3) is 0 Å². The van der Waals surface area contributed by atoms with Gasteiger partial charge in [0.15, 0.2) is 11.5 Å². The van der Waals surface area contributed by atoms with Crippen LogP contribution in [0.3, 0.4) is 0 Å². The zero-order chi connectivity index (χ0) is 13.2. The molecule has 2 unspecified atom stereocenters. The van der Waals surface area contributed by atoms with Crippen LogP contribution in [0.1, 0.15) is 18.5 Å². The highest BCUT2D eigenvalue weighted by molar-refractivity contribution is 7.99. The van der Waals surface area contributed by atoms with Crippen LogP contribution >= 0.6 is 11.8 Å². The monoisotopic (exact) mass is 280 g/mol. The van der Waals surface area contributed by atoms with Crippen molar-refractivity contribution in [2.24, 2.45) is 5.73 Å². The van der Waals surface area contributed by atoms with Gasteiger partial charge in [-0.15, -0.1) is 0 Å². The molecular formula is C14H20N2O2S. The van der Waals surface area contributed by atoms with E-state index < -0.39 is 0 Å². The molecule has 0 aromatic heterocycles. The highest BCUT2D eigenvalue weighted by Crippen LogP contribution is 2.36. The molecule has 0 amide bonds. The first-order valence-corrected chi connectivity index (χ1v) is 7.88. The SMILES string of the molecule is CC1CSCCN1C(CN)c1ccc2c(c1)OCO2. The van der Waals surface area contributed by atoms with Crippen LogP contribution in [0.4, 0.5) is 0 Å². The number of nitrogens with two attached hydrogens (primary N) is 1. The first-order valence-electron chi connectivity index (χ1n) is 6.72. The minimum absolute atomic E-state index is 0.269. The summed E-state index contributed by atoms with van der Waals surface area (Å²) in [6.07, 6.45) is 0. The molecule has 0 radical (unpaired) electrons. The van der Waals surface area contributed by atoms with Gasteiger partial charge in [-0.2, -0.15) is 11.8 Å². The van der Waals surface area contributed by atoms with E-state index in [2.05, 4.69) is 24.0 Å². The van der Waals surface area contributed by atoms with E-state index in [-0.39, 0.29) is 6.04 Å². The van der Waals surface area contributed by atoms with Crippen molar-refractivity contribution in [2.45, 2.75) is 19.0 Å². The maximum atomic E-state index is 6.02. The van der Waals surface area contributed by atoms with E-state index in [0.717, 1.165) is 18.0 Å². The van der Waals surface area contributed by atoms with Gasteiger partial charge in [0.1, 0.15) is 0 Å². The Labute approximate surface area is 118 Å². The summed E-state index contributed by atoms with van der Waals surface area (Å²) in [7, 11) is 0. The predicted molar refractivity (Wildman–Crippen MR) is 77.9 cm³/mol. The maximum Gasteiger partial charge on any atom is 0.231 e. The van der Waals surface area contributed by atoms with Gasteiger partial charge in [0.2, 0.25) is 6.79 Å². The Morgan fingerprint density at radius 3 is 3.05 bits per heavy atom. The van der Waals surface area contributed by atoms with E-state index in [9.17, 15) is 0 Å². The molecule has 19 heavy (non-hydrogen) atoms. The summed E-state index contributed by atoms with van der Waals surface area (Å²) >= 11 is 2.02. The van der Waals surface area contributed by atoms with Crippen molar-refractivity contribution in [3.63, 3.8) is 0 Å². The molecule has 2 heterocycles. The Morgan fingerprint density at radius 2 is 2.26 bits per heavy atom. The van der Waals surface area contributed by atoms with Crippen LogP contribution in [0, 0.1) is 0 Å². The summed E-state index contributed by atoms with van der Waals surface area (Å²) in [5.41, 5.74) is 7.25. The van der Waals surface area contributed by atoms with Gasteiger partial charge >= 0.3 is 0 Å². The summed E-state index contributed by atoms with van der Waals surface area (Å²) < 4.78 is 10.8. The van der Waals surface area contributed by atoms with Crippen LogP contribution in [0.15, 0.2) is 18.2 Å². The van der Waals surface area contributed by atoms with Gasteiger partial charge in [0, 0.05) is 36.7 Å². The number of nitrogens with zero attached hydrogens (tertiary/aromatic N) is 1. The van der Waals surface area contributed by atoms with Crippen molar-refractivity contribution in [1.29, 1.82) is 0 Å². The van der Waals surface area contributed by atoms with Gasteiger partial charge < -0.3 is 15.2 Å². The number of thioether (sulfide) groups is 1. The lowest BCUT2D eigenvalue weighted by molar-refractivity contribution is 0.165. The Kier molecular flexibility index (Phi) is 3.86. The van der Waals surface area contributed by atoms with Crippen molar-refractivity contribution in [1.82, 2.24) is 4.90 Å². The fourth-order valence-electron chi connectivity index (χ4n) is 2.79.